The van der Waals surface area contributed by atoms with Gasteiger partial charge in [-0.25, -0.2) is 0 Å². The Kier molecular flexibility index (Phi) is 3.96. The molecule has 1 aliphatic heterocycles. The molecule has 1 aliphatic rings. The van der Waals surface area contributed by atoms with Gasteiger partial charge in [-0.15, -0.1) is 0 Å². The first-order valence-corrected chi connectivity index (χ1v) is 6.84. The fraction of sp³-hybridized carbons (Fsp3) is 0.900. The summed E-state index contributed by atoms with van der Waals surface area (Å²) in [6.45, 7) is 5.77. The highest BCUT2D eigenvalue weighted by Gasteiger charge is 2.32. The highest BCUT2D eigenvalue weighted by atomic mass is 32.2. The minimum atomic E-state index is -3.88. The lowest BCUT2D eigenvalue weighted by molar-refractivity contribution is -0.142. The van der Waals surface area contributed by atoms with Crippen molar-refractivity contribution in [2.75, 3.05) is 13.1 Å². The van der Waals surface area contributed by atoms with Crippen LogP contribution in [0.3, 0.4) is 0 Å². The molecule has 6 heteroatoms. The van der Waals surface area contributed by atoms with Gasteiger partial charge in [0.1, 0.15) is 0 Å². The Balaban J connectivity index is 2.68. The van der Waals surface area contributed by atoms with Crippen LogP contribution in [-0.4, -0.2) is 31.8 Å². The molecule has 94 valence electrons. The van der Waals surface area contributed by atoms with Crippen LogP contribution < -0.4 is 0 Å². The second kappa shape index (κ2) is 4.71. The number of hydrogen-bond donors (Lipinski definition) is 0. The molecule has 1 saturated heterocycles. The number of nitrogens with zero attached hydrogens (tertiary/aromatic N) is 1. The van der Waals surface area contributed by atoms with Crippen LogP contribution in [-0.2, 0) is 19.3 Å². The highest BCUT2D eigenvalue weighted by Crippen LogP contribution is 2.20. The monoisotopic (exact) mass is 249 g/mol. The quantitative estimate of drug-likeness (QED) is 0.740. The third-order valence-corrected chi connectivity index (χ3v) is 3.78. The van der Waals surface area contributed by atoms with Crippen LogP contribution in [0.15, 0.2) is 0 Å². The van der Waals surface area contributed by atoms with E-state index in [-0.39, 0.29) is 0 Å². The summed E-state index contributed by atoms with van der Waals surface area (Å²) < 4.78 is 29.3. The van der Waals surface area contributed by atoms with Gasteiger partial charge in [-0.3, -0.25) is 4.79 Å². The molecule has 0 spiro atoms. The fourth-order valence-electron chi connectivity index (χ4n) is 1.36. The van der Waals surface area contributed by atoms with Crippen molar-refractivity contribution in [1.29, 1.82) is 0 Å². The summed E-state index contributed by atoms with van der Waals surface area (Å²) in [6, 6.07) is 0. The standard InChI is InChI=1S/C10H19NO4S/c1-10(2,3)9(12)15-16(13,14)11-7-5-4-6-8-11/h4-8H2,1-3H3. The molecule has 1 fully saturated rings. The van der Waals surface area contributed by atoms with Crippen LogP contribution in [0.1, 0.15) is 40.0 Å². The molecule has 0 amide bonds. The van der Waals surface area contributed by atoms with E-state index >= 15 is 0 Å². The van der Waals surface area contributed by atoms with Crippen molar-refractivity contribution in [2.24, 2.45) is 5.41 Å². The summed E-state index contributed by atoms with van der Waals surface area (Å²) >= 11 is 0. The van der Waals surface area contributed by atoms with Crippen LogP contribution in [0, 0.1) is 5.41 Å². The zero-order chi connectivity index (χ0) is 12.4. The van der Waals surface area contributed by atoms with Crippen LogP contribution in [0.5, 0.6) is 0 Å². The van der Waals surface area contributed by atoms with Crippen LogP contribution in [0.25, 0.3) is 0 Å². The molecule has 1 rings (SSSR count). The third kappa shape index (κ3) is 3.45. The molecule has 0 bridgehead atoms. The zero-order valence-electron chi connectivity index (χ0n) is 10.0. The van der Waals surface area contributed by atoms with Crippen molar-refractivity contribution < 1.29 is 17.4 Å². The predicted molar refractivity (Wildman–Crippen MR) is 59.9 cm³/mol. The molecule has 0 N–H and O–H groups in total. The van der Waals surface area contributed by atoms with Crippen molar-refractivity contribution in [1.82, 2.24) is 4.31 Å². The van der Waals surface area contributed by atoms with E-state index in [0.29, 0.717) is 13.1 Å². The predicted octanol–water partition coefficient (Wildman–Crippen LogP) is 1.31. The maximum atomic E-state index is 11.7. The molecule has 0 aliphatic carbocycles. The minimum absolute atomic E-state index is 0.444. The molecule has 5 nitrogen and oxygen atoms in total. The Morgan fingerprint density at radius 3 is 2.06 bits per heavy atom. The van der Waals surface area contributed by atoms with Gasteiger partial charge in [0.2, 0.25) is 0 Å². The number of carbonyl (C=O) groups excluding carboxylic acids is 1. The molecule has 0 unspecified atom stereocenters. The Labute approximate surface area is 97.0 Å². The topological polar surface area (TPSA) is 63.7 Å². The van der Waals surface area contributed by atoms with Gasteiger partial charge in [0.15, 0.2) is 0 Å². The summed E-state index contributed by atoms with van der Waals surface area (Å²) in [6.07, 6.45) is 2.68. The van der Waals surface area contributed by atoms with E-state index in [0.717, 1.165) is 19.3 Å². The SMILES string of the molecule is CC(C)(C)C(=O)OS(=O)(=O)N1CCCCC1. The van der Waals surface area contributed by atoms with Crippen molar-refractivity contribution >= 4 is 16.3 Å². The van der Waals surface area contributed by atoms with Gasteiger partial charge >= 0.3 is 16.3 Å². The van der Waals surface area contributed by atoms with E-state index in [9.17, 15) is 13.2 Å². The van der Waals surface area contributed by atoms with Crippen LogP contribution in [0.4, 0.5) is 0 Å². The van der Waals surface area contributed by atoms with Crippen molar-refractivity contribution in [3.8, 4) is 0 Å². The average Bonchev–Trinajstić information content (AvgIpc) is 2.17. The Morgan fingerprint density at radius 1 is 1.12 bits per heavy atom. The van der Waals surface area contributed by atoms with E-state index in [1.807, 2.05) is 0 Å². The Hall–Kier alpha value is -0.620. The maximum Gasteiger partial charge on any atom is 0.387 e. The van der Waals surface area contributed by atoms with E-state index in [2.05, 4.69) is 4.18 Å². The van der Waals surface area contributed by atoms with Crippen molar-refractivity contribution in [2.45, 2.75) is 40.0 Å². The molecule has 0 atom stereocenters. The molecule has 1 heterocycles. The first kappa shape index (κ1) is 13.4. The maximum absolute atomic E-state index is 11.7. The summed E-state index contributed by atoms with van der Waals surface area (Å²) in [5, 5.41) is 0. The summed E-state index contributed by atoms with van der Waals surface area (Å²) in [5.41, 5.74) is -0.803. The van der Waals surface area contributed by atoms with Gasteiger partial charge in [0.25, 0.3) is 0 Å². The number of rotatable bonds is 2. The molecule has 0 saturated carbocycles. The average molecular weight is 249 g/mol. The van der Waals surface area contributed by atoms with E-state index in [1.165, 1.54) is 4.31 Å². The highest BCUT2D eigenvalue weighted by molar-refractivity contribution is 7.84. The normalized spacial score (nSPS) is 19.4. The van der Waals surface area contributed by atoms with Crippen molar-refractivity contribution in [3.63, 3.8) is 0 Å². The molecular formula is C10H19NO4S. The molecule has 0 aromatic carbocycles. The first-order chi connectivity index (χ1) is 7.23. The van der Waals surface area contributed by atoms with Gasteiger partial charge in [0, 0.05) is 13.1 Å². The van der Waals surface area contributed by atoms with E-state index in [4.69, 9.17) is 0 Å². The van der Waals surface area contributed by atoms with Gasteiger partial charge in [-0.05, 0) is 33.6 Å². The molecule has 0 radical (unpaired) electrons. The molecule has 0 aromatic heterocycles. The number of carbonyl (C=O) groups is 1. The fourth-order valence-corrected chi connectivity index (χ4v) is 2.61. The summed E-state index contributed by atoms with van der Waals surface area (Å²) in [4.78, 5) is 11.5. The van der Waals surface area contributed by atoms with E-state index < -0.39 is 21.7 Å². The second-order valence-electron chi connectivity index (χ2n) is 5.04. The van der Waals surface area contributed by atoms with Crippen LogP contribution >= 0.6 is 0 Å². The molecule has 16 heavy (non-hydrogen) atoms. The zero-order valence-corrected chi connectivity index (χ0v) is 10.8. The van der Waals surface area contributed by atoms with Gasteiger partial charge in [0.05, 0.1) is 5.41 Å². The van der Waals surface area contributed by atoms with E-state index in [1.54, 1.807) is 20.8 Å². The molecular weight excluding hydrogens is 230 g/mol. The summed E-state index contributed by atoms with van der Waals surface area (Å²) in [5.74, 6) is -0.710. The largest absolute Gasteiger partial charge is 0.387 e. The smallest absolute Gasteiger partial charge is 0.333 e. The van der Waals surface area contributed by atoms with Crippen LogP contribution in [0.2, 0.25) is 0 Å². The lowest BCUT2D eigenvalue weighted by Gasteiger charge is -2.26. The van der Waals surface area contributed by atoms with Gasteiger partial charge in [-0.2, -0.15) is 12.7 Å². The Morgan fingerprint density at radius 2 is 1.62 bits per heavy atom. The number of hydrogen-bond acceptors (Lipinski definition) is 4. The van der Waals surface area contributed by atoms with Gasteiger partial charge < -0.3 is 4.18 Å². The minimum Gasteiger partial charge on any atom is -0.333 e. The molecule has 0 aromatic rings. The van der Waals surface area contributed by atoms with Crippen molar-refractivity contribution in [3.05, 3.63) is 0 Å². The first-order valence-electron chi connectivity index (χ1n) is 5.47. The second-order valence-corrected chi connectivity index (χ2v) is 6.58. The lowest BCUT2D eigenvalue weighted by atomic mass is 9.98. The third-order valence-electron chi connectivity index (χ3n) is 2.42. The lowest BCUT2D eigenvalue weighted by Crippen LogP contribution is -2.39. The van der Waals surface area contributed by atoms with Gasteiger partial charge in [-0.1, -0.05) is 6.42 Å². The summed E-state index contributed by atoms with van der Waals surface area (Å²) in [7, 11) is -3.88. The Bertz CT molecular complexity index is 350. The number of piperidine rings is 1.